The zero-order valence-electron chi connectivity index (χ0n) is 17.3. The normalized spacial score (nSPS) is 16.2. The van der Waals surface area contributed by atoms with Crippen molar-refractivity contribution in [2.45, 2.75) is 19.8 Å². The van der Waals surface area contributed by atoms with Crippen LogP contribution in [0, 0.1) is 11.7 Å². The highest BCUT2D eigenvalue weighted by molar-refractivity contribution is 6.31. The molecule has 160 valence electrons. The summed E-state index contributed by atoms with van der Waals surface area (Å²) < 4.78 is 19.1. The molecule has 2 heterocycles. The van der Waals surface area contributed by atoms with Crippen LogP contribution < -0.4 is 10.6 Å². The lowest BCUT2D eigenvalue weighted by Gasteiger charge is -2.17. The first kappa shape index (κ1) is 21.3. The highest BCUT2D eigenvalue weighted by atomic mass is 35.5. The molecule has 0 aliphatic carbocycles. The number of allylic oxidation sites excluding steroid dienone is 2. The largest absolute Gasteiger partial charge is 0.381 e. The van der Waals surface area contributed by atoms with E-state index in [1.165, 1.54) is 18.5 Å². The molecule has 1 atom stereocenters. The minimum atomic E-state index is -0.464. The summed E-state index contributed by atoms with van der Waals surface area (Å²) in [7, 11) is 0. The van der Waals surface area contributed by atoms with Crippen LogP contribution >= 0.6 is 11.6 Å². The third-order valence-electron chi connectivity index (χ3n) is 5.24. The van der Waals surface area contributed by atoms with Crippen LogP contribution in [0.3, 0.4) is 0 Å². The number of ether oxygens (including phenoxy) is 1. The number of aromatic nitrogens is 2. The van der Waals surface area contributed by atoms with Crippen molar-refractivity contribution in [1.82, 2.24) is 9.97 Å². The minimum Gasteiger partial charge on any atom is -0.381 e. The fourth-order valence-electron chi connectivity index (χ4n) is 3.71. The Hall–Kier alpha value is -2.96. The van der Waals surface area contributed by atoms with Gasteiger partial charge in [0.2, 0.25) is 0 Å². The van der Waals surface area contributed by atoms with Gasteiger partial charge in [0, 0.05) is 35.7 Å². The fourth-order valence-corrected chi connectivity index (χ4v) is 3.89. The van der Waals surface area contributed by atoms with Gasteiger partial charge < -0.3 is 15.4 Å². The molecule has 0 amide bonds. The Kier molecular flexibility index (Phi) is 6.49. The Morgan fingerprint density at radius 3 is 2.94 bits per heavy atom. The molecule has 2 N–H and O–H groups in total. The number of hydrogen-bond donors (Lipinski definition) is 2. The Morgan fingerprint density at radius 1 is 1.32 bits per heavy atom. The maximum atomic E-state index is 13.5. The van der Waals surface area contributed by atoms with Gasteiger partial charge in [0.05, 0.1) is 10.5 Å². The molecule has 5 nitrogen and oxygen atoms in total. The van der Waals surface area contributed by atoms with E-state index in [-0.39, 0.29) is 5.02 Å². The summed E-state index contributed by atoms with van der Waals surface area (Å²) in [5.41, 5.74) is 4.37. The van der Waals surface area contributed by atoms with Crippen LogP contribution in [0.1, 0.15) is 18.9 Å². The molecular weight excluding hydrogens is 415 g/mol. The monoisotopic (exact) mass is 438 g/mol. The molecule has 4 rings (SSSR count). The molecular formula is C24H24ClFN4O. The molecule has 1 aliphatic rings. The summed E-state index contributed by atoms with van der Waals surface area (Å²) in [5, 5.41) is 7.52. The summed E-state index contributed by atoms with van der Waals surface area (Å²) in [4.78, 5) is 8.87. The number of halogens is 2. The lowest BCUT2D eigenvalue weighted by atomic mass is 9.96. The third kappa shape index (κ3) is 5.03. The number of hydrogen-bond acceptors (Lipinski definition) is 5. The summed E-state index contributed by atoms with van der Waals surface area (Å²) in [5.74, 6) is 0.631. The minimum absolute atomic E-state index is 0.0504. The van der Waals surface area contributed by atoms with E-state index in [1.54, 1.807) is 6.07 Å². The van der Waals surface area contributed by atoms with E-state index < -0.39 is 5.82 Å². The molecule has 0 spiro atoms. The van der Waals surface area contributed by atoms with Crippen LogP contribution in [-0.2, 0) is 11.2 Å². The number of rotatable bonds is 7. The van der Waals surface area contributed by atoms with Crippen molar-refractivity contribution in [1.29, 1.82) is 0 Å². The molecule has 31 heavy (non-hydrogen) atoms. The first-order chi connectivity index (χ1) is 15.0. The second-order valence-electron chi connectivity index (χ2n) is 7.59. The fraction of sp³-hybridized carbons (Fsp3) is 0.250. The predicted octanol–water partition coefficient (Wildman–Crippen LogP) is 6.25. The second-order valence-corrected chi connectivity index (χ2v) is 7.99. The lowest BCUT2D eigenvalue weighted by molar-refractivity contribution is 0.186. The Morgan fingerprint density at radius 2 is 2.19 bits per heavy atom. The van der Waals surface area contributed by atoms with Crippen molar-refractivity contribution < 1.29 is 9.13 Å². The summed E-state index contributed by atoms with van der Waals surface area (Å²) in [6.07, 6.45) is 7.32. The topological polar surface area (TPSA) is 59.1 Å². The van der Waals surface area contributed by atoms with Crippen molar-refractivity contribution >= 4 is 39.7 Å². The molecule has 0 bridgehead atoms. The van der Waals surface area contributed by atoms with Crippen LogP contribution in [0.15, 0.2) is 61.1 Å². The first-order valence-electron chi connectivity index (χ1n) is 10.2. The smallest absolute Gasteiger partial charge is 0.141 e. The highest BCUT2D eigenvalue weighted by Crippen LogP contribution is 2.32. The van der Waals surface area contributed by atoms with Gasteiger partial charge in [-0.3, -0.25) is 0 Å². The van der Waals surface area contributed by atoms with Gasteiger partial charge in [0.15, 0.2) is 0 Å². The molecule has 1 unspecified atom stereocenters. The van der Waals surface area contributed by atoms with Gasteiger partial charge in [-0.1, -0.05) is 24.3 Å². The molecule has 2 aromatic carbocycles. The third-order valence-corrected chi connectivity index (χ3v) is 5.53. The number of anilines is 3. The molecule has 7 heteroatoms. The van der Waals surface area contributed by atoms with Gasteiger partial charge in [0.1, 0.15) is 18.0 Å². The number of nitrogens with zero attached hydrogens (tertiary/aromatic N) is 2. The second kappa shape index (κ2) is 9.45. The first-order valence-corrected chi connectivity index (χ1v) is 10.6. The van der Waals surface area contributed by atoms with Gasteiger partial charge in [-0.25, -0.2) is 14.4 Å². The Labute approximate surface area is 186 Å². The Balaban J connectivity index is 1.74. The zero-order chi connectivity index (χ0) is 21.8. The van der Waals surface area contributed by atoms with Crippen LogP contribution in [-0.4, -0.2) is 23.2 Å². The van der Waals surface area contributed by atoms with E-state index in [0.29, 0.717) is 17.4 Å². The van der Waals surface area contributed by atoms with Gasteiger partial charge in [0.25, 0.3) is 0 Å². The summed E-state index contributed by atoms with van der Waals surface area (Å²) >= 11 is 5.93. The van der Waals surface area contributed by atoms with E-state index in [0.717, 1.165) is 53.9 Å². The Bertz CT molecular complexity index is 1140. The van der Waals surface area contributed by atoms with E-state index in [1.807, 2.05) is 25.1 Å². The maximum Gasteiger partial charge on any atom is 0.141 e. The van der Waals surface area contributed by atoms with Crippen LogP contribution in [0.5, 0.6) is 0 Å². The molecule has 0 saturated carbocycles. The molecule has 1 aromatic heterocycles. The number of benzene rings is 2. The van der Waals surface area contributed by atoms with Crippen molar-refractivity contribution in [3.8, 4) is 0 Å². The SMILES string of the molecule is C=C(/C=C/C)Nc1cc2c(Nc3ccc(F)c(Cl)c3)ncnc2cc1CC1CCOC1. The molecule has 0 radical (unpaired) electrons. The standard InChI is InChI=1S/C24H24ClFN4O/c1-3-4-15(2)29-22-12-19-23(10-17(22)9-16-7-8-31-13-16)27-14-28-24(19)30-18-5-6-21(26)20(25)11-18/h3-6,10-12,14,16,29H,2,7-9,13H2,1H3,(H,27,28,30)/b4-3+. The zero-order valence-corrected chi connectivity index (χ0v) is 18.0. The predicted molar refractivity (Wildman–Crippen MR) is 124 cm³/mol. The van der Waals surface area contributed by atoms with Crippen molar-refractivity contribution in [3.05, 3.63) is 77.5 Å². The average molecular weight is 439 g/mol. The van der Waals surface area contributed by atoms with Crippen LogP contribution in [0.4, 0.5) is 21.6 Å². The van der Waals surface area contributed by atoms with Crippen molar-refractivity contribution in [2.75, 3.05) is 23.8 Å². The van der Waals surface area contributed by atoms with Gasteiger partial charge in [-0.05, 0) is 67.7 Å². The molecule has 3 aromatic rings. The van der Waals surface area contributed by atoms with E-state index in [4.69, 9.17) is 16.3 Å². The van der Waals surface area contributed by atoms with Gasteiger partial charge >= 0.3 is 0 Å². The van der Waals surface area contributed by atoms with E-state index in [2.05, 4.69) is 33.2 Å². The summed E-state index contributed by atoms with van der Waals surface area (Å²) in [6.45, 7) is 7.61. The van der Waals surface area contributed by atoms with Gasteiger partial charge in [-0.15, -0.1) is 0 Å². The highest BCUT2D eigenvalue weighted by Gasteiger charge is 2.19. The lowest BCUT2D eigenvalue weighted by Crippen LogP contribution is -2.08. The molecule has 1 aliphatic heterocycles. The van der Waals surface area contributed by atoms with Crippen molar-refractivity contribution in [2.24, 2.45) is 5.92 Å². The average Bonchev–Trinajstić information content (AvgIpc) is 3.25. The van der Waals surface area contributed by atoms with Crippen LogP contribution in [0.25, 0.3) is 10.9 Å². The molecule has 1 saturated heterocycles. The number of nitrogens with one attached hydrogen (secondary N) is 2. The molecule has 1 fully saturated rings. The van der Waals surface area contributed by atoms with E-state index >= 15 is 0 Å². The van der Waals surface area contributed by atoms with Gasteiger partial charge in [-0.2, -0.15) is 0 Å². The maximum absolute atomic E-state index is 13.5. The quantitative estimate of drug-likeness (QED) is 0.427. The van der Waals surface area contributed by atoms with Crippen molar-refractivity contribution in [3.63, 3.8) is 0 Å². The summed E-state index contributed by atoms with van der Waals surface area (Å²) in [6, 6.07) is 8.60. The number of fused-ring (bicyclic) bond motifs is 1. The van der Waals surface area contributed by atoms with Crippen LogP contribution in [0.2, 0.25) is 5.02 Å². The van der Waals surface area contributed by atoms with E-state index in [9.17, 15) is 4.39 Å².